The maximum Gasteiger partial charge on any atom is 0.308 e. The monoisotopic (exact) mass is 263 g/mol. The summed E-state index contributed by atoms with van der Waals surface area (Å²) in [5, 5.41) is 9.20. The molecule has 1 aliphatic rings. The first-order valence-corrected chi connectivity index (χ1v) is 6.88. The van der Waals surface area contributed by atoms with Crippen LogP contribution in [-0.2, 0) is 20.5 Å². The van der Waals surface area contributed by atoms with E-state index in [1.807, 2.05) is 27.7 Å². The normalized spacial score (nSPS) is 22.6. The Bertz CT molecular complexity index is 320. The van der Waals surface area contributed by atoms with Crippen molar-refractivity contribution in [3.8, 4) is 0 Å². The van der Waals surface area contributed by atoms with Gasteiger partial charge in [0.25, 0.3) is 0 Å². The average molecular weight is 263 g/mol. The molecule has 1 heterocycles. The second kappa shape index (κ2) is 5.04. The summed E-state index contributed by atoms with van der Waals surface area (Å²) in [4.78, 5) is 11.2. The van der Waals surface area contributed by atoms with E-state index in [0.717, 1.165) is 0 Å². The molecule has 0 unspecified atom stereocenters. The van der Waals surface area contributed by atoms with Gasteiger partial charge in [-0.05, 0) is 27.2 Å². The van der Waals surface area contributed by atoms with Gasteiger partial charge in [0.05, 0.1) is 40.4 Å². The van der Waals surface area contributed by atoms with Gasteiger partial charge >= 0.3 is 5.97 Å². The zero-order valence-electron chi connectivity index (χ0n) is 10.8. The highest BCUT2D eigenvalue weighted by Gasteiger charge is 2.50. The number of rotatable bonds is 5. The number of hydrogen-bond donors (Lipinski definition) is 2. The third kappa shape index (κ3) is 3.05. The lowest BCUT2D eigenvalue weighted by Gasteiger charge is -2.46. The molecule has 0 radical (unpaired) electrons. The SMILES string of the molecule is CC[C@@H](C(=O)O)C1(N[S@](=O)C(C)(C)C)COC1. The van der Waals surface area contributed by atoms with Gasteiger partial charge in [-0.2, -0.15) is 0 Å². The van der Waals surface area contributed by atoms with Crippen LogP contribution in [0, 0.1) is 5.92 Å². The molecule has 2 atom stereocenters. The van der Waals surface area contributed by atoms with Crippen molar-refractivity contribution in [3.63, 3.8) is 0 Å². The molecule has 0 aromatic rings. The summed E-state index contributed by atoms with van der Waals surface area (Å²) < 4.78 is 19.7. The average Bonchev–Trinajstić information content (AvgIpc) is 2.12. The third-order valence-electron chi connectivity index (χ3n) is 2.94. The standard InChI is InChI=1S/C11H21NO4S/c1-5-8(9(13)14)11(6-16-7-11)12-17(15)10(2,3)4/h8,12H,5-7H2,1-4H3,(H,13,14)/t8-,17+/m0/s1. The summed E-state index contributed by atoms with van der Waals surface area (Å²) in [6.45, 7) is 7.99. The van der Waals surface area contributed by atoms with Gasteiger partial charge in [0, 0.05) is 0 Å². The molecule has 1 fully saturated rings. The van der Waals surface area contributed by atoms with Crippen molar-refractivity contribution in [2.45, 2.75) is 44.4 Å². The molecule has 17 heavy (non-hydrogen) atoms. The number of nitrogens with one attached hydrogen (secondary N) is 1. The first kappa shape index (κ1) is 14.6. The highest BCUT2D eigenvalue weighted by molar-refractivity contribution is 7.84. The van der Waals surface area contributed by atoms with Crippen molar-refractivity contribution < 1.29 is 18.8 Å². The van der Waals surface area contributed by atoms with E-state index >= 15 is 0 Å². The molecular formula is C11H21NO4S. The molecule has 0 amide bonds. The lowest BCUT2D eigenvalue weighted by atomic mass is 9.81. The molecule has 1 aliphatic heterocycles. The molecule has 0 aromatic carbocycles. The zero-order valence-corrected chi connectivity index (χ0v) is 11.6. The minimum Gasteiger partial charge on any atom is -0.481 e. The van der Waals surface area contributed by atoms with E-state index in [9.17, 15) is 14.1 Å². The number of ether oxygens (including phenoxy) is 1. The highest BCUT2D eigenvalue weighted by atomic mass is 32.2. The number of carboxylic acid groups (broad SMARTS) is 1. The number of carbonyl (C=O) groups is 1. The second-order valence-electron chi connectivity index (χ2n) is 5.43. The lowest BCUT2D eigenvalue weighted by Crippen LogP contribution is -2.68. The summed E-state index contributed by atoms with van der Waals surface area (Å²) >= 11 is 0. The smallest absolute Gasteiger partial charge is 0.308 e. The largest absolute Gasteiger partial charge is 0.481 e. The zero-order chi connectivity index (χ0) is 13.3. The van der Waals surface area contributed by atoms with Crippen molar-refractivity contribution in [2.75, 3.05) is 13.2 Å². The number of carboxylic acids is 1. The van der Waals surface area contributed by atoms with E-state index in [-0.39, 0.29) is 0 Å². The summed E-state index contributed by atoms with van der Waals surface area (Å²) in [7, 11) is -1.29. The minimum absolute atomic E-state index is 0.305. The maximum atomic E-state index is 12.1. The molecule has 0 aromatic heterocycles. The topological polar surface area (TPSA) is 75.6 Å². The quantitative estimate of drug-likeness (QED) is 0.773. The number of hydrogen-bond acceptors (Lipinski definition) is 3. The van der Waals surface area contributed by atoms with Gasteiger partial charge in [0.1, 0.15) is 0 Å². The highest BCUT2D eigenvalue weighted by Crippen LogP contribution is 2.31. The summed E-state index contributed by atoms with van der Waals surface area (Å²) in [5.41, 5.74) is -0.682. The Kier molecular flexibility index (Phi) is 4.33. The molecule has 0 aliphatic carbocycles. The lowest BCUT2D eigenvalue weighted by molar-refractivity contribution is -0.157. The Morgan fingerprint density at radius 1 is 1.53 bits per heavy atom. The molecule has 2 N–H and O–H groups in total. The van der Waals surface area contributed by atoms with Gasteiger partial charge < -0.3 is 9.84 Å². The molecule has 0 spiro atoms. The van der Waals surface area contributed by atoms with Crippen LogP contribution in [0.2, 0.25) is 0 Å². The fraction of sp³-hybridized carbons (Fsp3) is 0.909. The van der Waals surface area contributed by atoms with Crippen LogP contribution in [-0.4, -0.2) is 38.8 Å². The van der Waals surface area contributed by atoms with Crippen LogP contribution in [0.4, 0.5) is 0 Å². The van der Waals surface area contributed by atoms with E-state index < -0.39 is 33.2 Å². The minimum atomic E-state index is -1.29. The Labute approximate surface area is 105 Å². The van der Waals surface area contributed by atoms with Crippen molar-refractivity contribution in [1.29, 1.82) is 0 Å². The van der Waals surface area contributed by atoms with Gasteiger partial charge in [-0.3, -0.25) is 4.79 Å². The fourth-order valence-corrected chi connectivity index (χ4v) is 2.73. The fourth-order valence-electron chi connectivity index (χ4n) is 1.79. The van der Waals surface area contributed by atoms with E-state index in [0.29, 0.717) is 19.6 Å². The van der Waals surface area contributed by atoms with E-state index in [1.54, 1.807) is 0 Å². The van der Waals surface area contributed by atoms with Crippen LogP contribution >= 0.6 is 0 Å². The maximum absolute atomic E-state index is 12.1. The van der Waals surface area contributed by atoms with Crippen LogP contribution in [0.5, 0.6) is 0 Å². The Hall–Kier alpha value is -0.460. The van der Waals surface area contributed by atoms with E-state index in [2.05, 4.69) is 4.72 Å². The van der Waals surface area contributed by atoms with E-state index in [1.165, 1.54) is 0 Å². The summed E-state index contributed by atoms with van der Waals surface area (Å²) in [5.74, 6) is -1.43. The van der Waals surface area contributed by atoms with Crippen LogP contribution in [0.15, 0.2) is 0 Å². The molecule has 0 saturated carbocycles. The van der Waals surface area contributed by atoms with Gasteiger partial charge in [0.15, 0.2) is 0 Å². The van der Waals surface area contributed by atoms with Gasteiger partial charge in [-0.15, -0.1) is 0 Å². The van der Waals surface area contributed by atoms with Crippen molar-refractivity contribution in [1.82, 2.24) is 4.72 Å². The second-order valence-corrected chi connectivity index (χ2v) is 7.40. The van der Waals surface area contributed by atoms with Crippen molar-refractivity contribution in [3.05, 3.63) is 0 Å². The van der Waals surface area contributed by atoms with Crippen LogP contribution < -0.4 is 4.72 Å². The molecule has 1 rings (SSSR count). The van der Waals surface area contributed by atoms with Gasteiger partial charge in [-0.1, -0.05) is 6.92 Å². The van der Waals surface area contributed by atoms with Crippen LogP contribution in [0.25, 0.3) is 0 Å². The third-order valence-corrected chi connectivity index (χ3v) is 4.65. The van der Waals surface area contributed by atoms with Crippen molar-refractivity contribution >= 4 is 17.0 Å². The first-order chi connectivity index (χ1) is 7.73. The molecule has 0 bridgehead atoms. The van der Waals surface area contributed by atoms with Crippen molar-refractivity contribution in [2.24, 2.45) is 5.92 Å². The molecule has 1 saturated heterocycles. The Balaban J connectivity index is 2.83. The molecular weight excluding hydrogens is 242 g/mol. The van der Waals surface area contributed by atoms with Crippen LogP contribution in [0.3, 0.4) is 0 Å². The molecule has 5 nitrogen and oxygen atoms in total. The summed E-state index contributed by atoms with van der Waals surface area (Å²) in [6.07, 6.45) is 0.493. The molecule has 6 heteroatoms. The predicted molar refractivity (Wildman–Crippen MR) is 66.0 cm³/mol. The van der Waals surface area contributed by atoms with Gasteiger partial charge in [0.2, 0.25) is 0 Å². The summed E-state index contributed by atoms with van der Waals surface area (Å²) in [6, 6.07) is 0. The van der Waals surface area contributed by atoms with Gasteiger partial charge in [-0.25, -0.2) is 8.93 Å². The first-order valence-electron chi connectivity index (χ1n) is 5.73. The number of aliphatic carboxylic acids is 1. The predicted octanol–water partition coefficient (Wildman–Crippen LogP) is 0.918. The Morgan fingerprint density at radius 3 is 2.29 bits per heavy atom. The van der Waals surface area contributed by atoms with Crippen LogP contribution in [0.1, 0.15) is 34.1 Å². The Morgan fingerprint density at radius 2 is 2.06 bits per heavy atom. The molecule has 100 valence electrons. The van der Waals surface area contributed by atoms with E-state index in [4.69, 9.17) is 4.74 Å².